The molecule has 1 rings (SSSR count). The van der Waals surface area contributed by atoms with Gasteiger partial charge in [-0.05, 0) is 50.7 Å². The predicted octanol–water partition coefficient (Wildman–Crippen LogP) is 3.47. The molecule has 0 amide bonds. The third-order valence-corrected chi connectivity index (χ3v) is 3.55. The SMILES string of the molecule is CCCCN(C)CC(NCCC)c1ccc(OC)cc1. The number of hydrogen-bond acceptors (Lipinski definition) is 3. The van der Waals surface area contributed by atoms with Gasteiger partial charge in [-0.3, -0.25) is 0 Å². The molecule has 20 heavy (non-hydrogen) atoms. The zero-order valence-corrected chi connectivity index (χ0v) is 13.5. The van der Waals surface area contributed by atoms with Crippen molar-refractivity contribution < 1.29 is 4.74 Å². The number of nitrogens with one attached hydrogen (secondary N) is 1. The lowest BCUT2D eigenvalue weighted by Gasteiger charge is -2.25. The van der Waals surface area contributed by atoms with Crippen LogP contribution < -0.4 is 10.1 Å². The summed E-state index contributed by atoms with van der Waals surface area (Å²) in [7, 11) is 3.92. The van der Waals surface area contributed by atoms with Crippen LogP contribution in [-0.2, 0) is 0 Å². The van der Waals surface area contributed by atoms with E-state index < -0.39 is 0 Å². The first-order valence-electron chi connectivity index (χ1n) is 7.77. The van der Waals surface area contributed by atoms with E-state index in [2.05, 4.69) is 43.2 Å². The molecule has 0 heterocycles. The molecule has 0 aliphatic carbocycles. The largest absolute Gasteiger partial charge is 0.497 e. The van der Waals surface area contributed by atoms with Gasteiger partial charge in [0, 0.05) is 12.6 Å². The van der Waals surface area contributed by atoms with Crippen LogP contribution in [0, 0.1) is 0 Å². The van der Waals surface area contributed by atoms with E-state index in [4.69, 9.17) is 4.74 Å². The molecule has 1 aromatic rings. The Balaban J connectivity index is 2.66. The standard InChI is InChI=1S/C17H30N2O/c1-5-7-13-19(3)14-17(18-12-6-2)15-8-10-16(20-4)11-9-15/h8-11,17-18H,5-7,12-14H2,1-4H3. The molecule has 1 aromatic carbocycles. The molecule has 0 bridgehead atoms. The normalized spacial score (nSPS) is 12.7. The second kappa shape index (κ2) is 9.78. The second-order valence-electron chi connectivity index (χ2n) is 5.40. The molecule has 0 fully saturated rings. The summed E-state index contributed by atoms with van der Waals surface area (Å²) in [5.74, 6) is 0.919. The van der Waals surface area contributed by atoms with E-state index in [1.807, 2.05) is 12.1 Å². The topological polar surface area (TPSA) is 24.5 Å². The second-order valence-corrected chi connectivity index (χ2v) is 5.40. The lowest BCUT2D eigenvalue weighted by molar-refractivity contribution is 0.286. The van der Waals surface area contributed by atoms with Gasteiger partial charge in [0.15, 0.2) is 0 Å². The van der Waals surface area contributed by atoms with Gasteiger partial charge in [-0.15, -0.1) is 0 Å². The number of nitrogens with zero attached hydrogens (tertiary/aromatic N) is 1. The molecule has 0 radical (unpaired) electrons. The number of ether oxygens (including phenoxy) is 1. The molecule has 0 aliphatic rings. The van der Waals surface area contributed by atoms with Crippen LogP contribution in [-0.4, -0.2) is 38.7 Å². The highest BCUT2D eigenvalue weighted by Gasteiger charge is 2.13. The number of methoxy groups -OCH3 is 1. The summed E-state index contributed by atoms with van der Waals surface area (Å²) in [4.78, 5) is 2.42. The molecule has 0 saturated carbocycles. The molecule has 0 aromatic heterocycles. The first-order chi connectivity index (χ1) is 9.71. The fourth-order valence-corrected chi connectivity index (χ4v) is 2.27. The Bertz CT molecular complexity index is 351. The van der Waals surface area contributed by atoms with E-state index in [0.717, 1.165) is 31.8 Å². The third-order valence-electron chi connectivity index (χ3n) is 3.55. The molecular formula is C17H30N2O. The van der Waals surface area contributed by atoms with Gasteiger partial charge in [0.05, 0.1) is 7.11 Å². The molecule has 3 heteroatoms. The lowest BCUT2D eigenvalue weighted by atomic mass is 10.1. The van der Waals surface area contributed by atoms with Crippen LogP contribution in [0.4, 0.5) is 0 Å². The van der Waals surface area contributed by atoms with Crippen LogP contribution in [0.5, 0.6) is 5.75 Å². The highest BCUT2D eigenvalue weighted by atomic mass is 16.5. The summed E-state index contributed by atoms with van der Waals surface area (Å²) in [5, 5.41) is 3.65. The zero-order chi connectivity index (χ0) is 14.8. The molecular weight excluding hydrogens is 248 g/mol. The van der Waals surface area contributed by atoms with Crippen LogP contribution in [0.25, 0.3) is 0 Å². The fraction of sp³-hybridized carbons (Fsp3) is 0.647. The molecule has 1 N–H and O–H groups in total. The first kappa shape index (κ1) is 17.0. The van der Waals surface area contributed by atoms with Gasteiger partial charge in [0.2, 0.25) is 0 Å². The van der Waals surface area contributed by atoms with E-state index in [9.17, 15) is 0 Å². The number of unbranched alkanes of at least 4 members (excludes halogenated alkanes) is 1. The Morgan fingerprint density at radius 2 is 1.85 bits per heavy atom. The van der Waals surface area contributed by atoms with Crippen molar-refractivity contribution in [1.29, 1.82) is 0 Å². The molecule has 3 nitrogen and oxygen atoms in total. The maximum Gasteiger partial charge on any atom is 0.118 e. The van der Waals surface area contributed by atoms with Crippen LogP contribution in [0.1, 0.15) is 44.7 Å². The van der Waals surface area contributed by atoms with Crippen LogP contribution >= 0.6 is 0 Å². The summed E-state index contributed by atoms with van der Waals surface area (Å²) in [6, 6.07) is 8.81. The molecule has 1 unspecified atom stereocenters. The molecule has 0 aliphatic heterocycles. The van der Waals surface area contributed by atoms with E-state index in [1.165, 1.54) is 18.4 Å². The molecule has 1 atom stereocenters. The van der Waals surface area contributed by atoms with E-state index >= 15 is 0 Å². The Kier molecular flexibility index (Phi) is 8.31. The van der Waals surface area contributed by atoms with Gasteiger partial charge in [-0.1, -0.05) is 32.4 Å². The average molecular weight is 278 g/mol. The van der Waals surface area contributed by atoms with Crippen molar-refractivity contribution in [3.05, 3.63) is 29.8 Å². The minimum absolute atomic E-state index is 0.391. The van der Waals surface area contributed by atoms with Gasteiger partial charge in [-0.2, -0.15) is 0 Å². The van der Waals surface area contributed by atoms with Crippen molar-refractivity contribution in [2.75, 3.05) is 33.8 Å². The summed E-state index contributed by atoms with van der Waals surface area (Å²) in [6.45, 7) is 7.71. The highest BCUT2D eigenvalue weighted by molar-refractivity contribution is 5.29. The number of rotatable bonds is 10. The zero-order valence-electron chi connectivity index (χ0n) is 13.5. The maximum absolute atomic E-state index is 5.23. The van der Waals surface area contributed by atoms with Gasteiger partial charge in [0.1, 0.15) is 5.75 Å². The minimum Gasteiger partial charge on any atom is -0.497 e. The average Bonchev–Trinajstić information content (AvgIpc) is 2.49. The molecule has 0 saturated heterocycles. The highest BCUT2D eigenvalue weighted by Crippen LogP contribution is 2.18. The van der Waals surface area contributed by atoms with Gasteiger partial charge < -0.3 is 15.0 Å². The van der Waals surface area contributed by atoms with Crippen molar-refractivity contribution in [2.45, 2.75) is 39.2 Å². The summed E-state index contributed by atoms with van der Waals surface area (Å²) in [6.07, 6.45) is 3.67. The van der Waals surface area contributed by atoms with E-state index in [-0.39, 0.29) is 0 Å². The van der Waals surface area contributed by atoms with E-state index in [0.29, 0.717) is 6.04 Å². The number of benzene rings is 1. The smallest absolute Gasteiger partial charge is 0.118 e. The van der Waals surface area contributed by atoms with Crippen molar-refractivity contribution in [3.8, 4) is 5.75 Å². The summed E-state index contributed by atoms with van der Waals surface area (Å²) < 4.78 is 5.23. The Labute approximate surface area is 124 Å². The lowest BCUT2D eigenvalue weighted by Crippen LogP contribution is -2.34. The van der Waals surface area contributed by atoms with Crippen LogP contribution in [0.2, 0.25) is 0 Å². The van der Waals surface area contributed by atoms with E-state index in [1.54, 1.807) is 7.11 Å². The predicted molar refractivity (Wildman–Crippen MR) is 86.4 cm³/mol. The quantitative estimate of drug-likeness (QED) is 0.709. The summed E-state index contributed by atoms with van der Waals surface area (Å²) >= 11 is 0. The number of hydrogen-bond donors (Lipinski definition) is 1. The number of likely N-dealkylation sites (N-methyl/N-ethyl adjacent to an activating group) is 1. The monoisotopic (exact) mass is 278 g/mol. The Morgan fingerprint density at radius 3 is 2.40 bits per heavy atom. The van der Waals surface area contributed by atoms with Crippen LogP contribution in [0.15, 0.2) is 24.3 Å². The maximum atomic E-state index is 5.23. The minimum atomic E-state index is 0.391. The van der Waals surface area contributed by atoms with Gasteiger partial charge >= 0.3 is 0 Å². The third kappa shape index (κ3) is 5.93. The van der Waals surface area contributed by atoms with Crippen molar-refractivity contribution in [3.63, 3.8) is 0 Å². The molecule has 0 spiro atoms. The molecule has 114 valence electrons. The first-order valence-corrected chi connectivity index (χ1v) is 7.77. The van der Waals surface area contributed by atoms with Crippen molar-refractivity contribution in [1.82, 2.24) is 10.2 Å². The van der Waals surface area contributed by atoms with Gasteiger partial charge in [-0.25, -0.2) is 0 Å². The summed E-state index contributed by atoms with van der Waals surface area (Å²) in [5.41, 5.74) is 1.34. The van der Waals surface area contributed by atoms with Crippen molar-refractivity contribution in [2.24, 2.45) is 0 Å². The van der Waals surface area contributed by atoms with Crippen LogP contribution in [0.3, 0.4) is 0 Å². The Hall–Kier alpha value is -1.06. The van der Waals surface area contributed by atoms with Gasteiger partial charge in [0.25, 0.3) is 0 Å². The fourth-order valence-electron chi connectivity index (χ4n) is 2.27. The van der Waals surface area contributed by atoms with Crippen molar-refractivity contribution >= 4 is 0 Å². The Morgan fingerprint density at radius 1 is 1.15 bits per heavy atom.